The van der Waals surface area contributed by atoms with Crippen molar-refractivity contribution < 1.29 is 14.3 Å². The van der Waals surface area contributed by atoms with E-state index in [1.807, 2.05) is 48.5 Å². The number of ether oxygens (including phenoxy) is 1. The normalized spacial score (nSPS) is 19.2. The molecule has 2 aromatic carbocycles. The van der Waals surface area contributed by atoms with Crippen molar-refractivity contribution in [2.24, 2.45) is 0 Å². The molecule has 0 saturated heterocycles. The molecule has 132 valence electrons. The highest BCUT2D eigenvalue weighted by Crippen LogP contribution is 2.41. The number of fused-ring (bicyclic) bond motifs is 2. The Kier molecular flexibility index (Phi) is 4.21. The summed E-state index contributed by atoms with van der Waals surface area (Å²) in [7, 11) is 1.39. The maximum atomic E-state index is 13.1. The lowest BCUT2D eigenvalue weighted by molar-refractivity contribution is -0.141. The van der Waals surface area contributed by atoms with Crippen LogP contribution in [0.25, 0.3) is 5.70 Å². The maximum absolute atomic E-state index is 13.1. The largest absolute Gasteiger partial charge is 0.468 e. The van der Waals surface area contributed by atoms with Gasteiger partial charge in [0.1, 0.15) is 5.92 Å². The molecular formula is C21H20N2O3. The number of methoxy groups -OCH3 is 1. The van der Waals surface area contributed by atoms with Crippen LogP contribution in [-0.4, -0.2) is 37.0 Å². The molecule has 0 aliphatic carbocycles. The Morgan fingerprint density at radius 2 is 1.85 bits per heavy atom. The molecule has 0 spiro atoms. The molecule has 4 rings (SSSR count). The number of hydrogen-bond acceptors (Lipinski definition) is 4. The van der Waals surface area contributed by atoms with Crippen LogP contribution in [0.5, 0.6) is 0 Å². The van der Waals surface area contributed by atoms with Gasteiger partial charge in [-0.1, -0.05) is 48.5 Å². The number of esters is 1. The Bertz CT molecular complexity index is 889. The molecule has 1 unspecified atom stereocenters. The van der Waals surface area contributed by atoms with Gasteiger partial charge in [0.2, 0.25) is 0 Å². The highest BCUT2D eigenvalue weighted by molar-refractivity contribution is 6.04. The van der Waals surface area contributed by atoms with E-state index in [9.17, 15) is 9.59 Å². The molecule has 0 radical (unpaired) electrons. The number of benzene rings is 2. The first-order valence-electron chi connectivity index (χ1n) is 8.74. The molecule has 1 atom stereocenters. The van der Waals surface area contributed by atoms with Gasteiger partial charge in [0, 0.05) is 18.7 Å². The molecule has 5 heteroatoms. The van der Waals surface area contributed by atoms with E-state index in [0.29, 0.717) is 23.4 Å². The van der Waals surface area contributed by atoms with Gasteiger partial charge in [-0.15, -0.1) is 0 Å². The molecule has 0 bridgehead atoms. The summed E-state index contributed by atoms with van der Waals surface area (Å²) in [5.41, 5.74) is 3.73. The summed E-state index contributed by atoms with van der Waals surface area (Å²) in [6.07, 6.45) is 0.807. The van der Waals surface area contributed by atoms with Gasteiger partial charge in [-0.25, -0.2) is 0 Å². The monoisotopic (exact) mass is 348 g/mol. The molecular weight excluding hydrogens is 328 g/mol. The quantitative estimate of drug-likeness (QED) is 0.848. The molecule has 2 aliphatic heterocycles. The lowest BCUT2D eigenvalue weighted by Crippen LogP contribution is -2.41. The third-order valence-corrected chi connectivity index (χ3v) is 4.93. The average molecular weight is 348 g/mol. The van der Waals surface area contributed by atoms with E-state index in [1.165, 1.54) is 7.11 Å². The number of nitrogens with one attached hydrogen (secondary N) is 1. The molecule has 0 aromatic heterocycles. The van der Waals surface area contributed by atoms with Crippen LogP contribution in [0.15, 0.2) is 60.3 Å². The molecule has 5 nitrogen and oxygen atoms in total. The first-order valence-corrected chi connectivity index (χ1v) is 8.74. The summed E-state index contributed by atoms with van der Waals surface area (Å²) < 4.78 is 5.12. The van der Waals surface area contributed by atoms with Crippen LogP contribution < -0.4 is 5.32 Å². The summed E-state index contributed by atoms with van der Waals surface area (Å²) in [4.78, 5) is 27.6. The summed E-state index contributed by atoms with van der Waals surface area (Å²) >= 11 is 0. The van der Waals surface area contributed by atoms with Gasteiger partial charge in [0.15, 0.2) is 0 Å². The van der Waals surface area contributed by atoms with E-state index in [0.717, 1.165) is 24.2 Å². The van der Waals surface area contributed by atoms with Crippen LogP contribution in [0.1, 0.15) is 33.8 Å². The summed E-state index contributed by atoms with van der Waals surface area (Å²) in [6, 6.07) is 17.1. The molecule has 2 aromatic rings. The number of nitrogens with zero attached hydrogens (tertiary/aromatic N) is 1. The zero-order valence-electron chi connectivity index (χ0n) is 14.6. The first-order chi connectivity index (χ1) is 12.7. The highest BCUT2D eigenvalue weighted by Gasteiger charge is 2.42. The van der Waals surface area contributed by atoms with E-state index in [1.54, 1.807) is 11.0 Å². The average Bonchev–Trinajstić information content (AvgIpc) is 2.92. The number of carbonyl (C=O) groups is 2. The van der Waals surface area contributed by atoms with Crippen LogP contribution in [0, 0.1) is 0 Å². The molecule has 0 fully saturated rings. The third kappa shape index (κ3) is 2.56. The zero-order valence-corrected chi connectivity index (χ0v) is 14.6. The van der Waals surface area contributed by atoms with Crippen molar-refractivity contribution >= 4 is 17.6 Å². The van der Waals surface area contributed by atoms with Gasteiger partial charge < -0.3 is 15.0 Å². The molecule has 2 aliphatic rings. The predicted octanol–water partition coefficient (Wildman–Crippen LogP) is 2.76. The van der Waals surface area contributed by atoms with E-state index in [2.05, 4.69) is 5.32 Å². The molecule has 26 heavy (non-hydrogen) atoms. The number of amides is 1. The number of hydrogen-bond donors (Lipinski definition) is 1. The van der Waals surface area contributed by atoms with Gasteiger partial charge in [-0.3, -0.25) is 9.59 Å². The van der Waals surface area contributed by atoms with Crippen molar-refractivity contribution in [1.82, 2.24) is 10.2 Å². The van der Waals surface area contributed by atoms with Crippen LogP contribution in [0.3, 0.4) is 0 Å². The lowest BCUT2D eigenvalue weighted by Gasteiger charge is -2.36. The SMILES string of the molecule is COC(=O)C1C2=C(c3ccccc3)NCCCN2C(=O)c2ccccc21. The first kappa shape index (κ1) is 16.4. The van der Waals surface area contributed by atoms with Crippen molar-refractivity contribution in [3.63, 3.8) is 0 Å². The molecule has 0 saturated carbocycles. The van der Waals surface area contributed by atoms with Crippen LogP contribution >= 0.6 is 0 Å². The van der Waals surface area contributed by atoms with E-state index in [-0.39, 0.29) is 11.9 Å². The predicted molar refractivity (Wildman–Crippen MR) is 98.2 cm³/mol. The van der Waals surface area contributed by atoms with Crippen molar-refractivity contribution in [3.05, 3.63) is 77.0 Å². The number of rotatable bonds is 2. The second-order valence-corrected chi connectivity index (χ2v) is 6.41. The fourth-order valence-corrected chi connectivity index (χ4v) is 3.76. The molecule has 1 N–H and O–H groups in total. The summed E-state index contributed by atoms with van der Waals surface area (Å²) in [5, 5.41) is 3.44. The fourth-order valence-electron chi connectivity index (χ4n) is 3.76. The van der Waals surface area contributed by atoms with Gasteiger partial charge >= 0.3 is 5.97 Å². The minimum atomic E-state index is -0.630. The summed E-state index contributed by atoms with van der Waals surface area (Å²) in [6.45, 7) is 1.31. The maximum Gasteiger partial charge on any atom is 0.319 e. The molecule has 1 amide bonds. The Balaban J connectivity index is 2.01. The Labute approximate surface area is 152 Å². The van der Waals surface area contributed by atoms with E-state index >= 15 is 0 Å². The standard InChI is InChI=1S/C21H20N2O3/c1-26-21(25)17-15-10-5-6-11-16(15)20(24)23-13-7-12-22-18(19(17)23)14-8-3-2-4-9-14/h2-6,8-11,17,22H,7,12-13H2,1H3. The summed E-state index contributed by atoms with van der Waals surface area (Å²) in [5.74, 6) is -1.05. The smallest absolute Gasteiger partial charge is 0.319 e. The van der Waals surface area contributed by atoms with E-state index < -0.39 is 5.92 Å². The third-order valence-electron chi connectivity index (χ3n) is 4.93. The van der Waals surface area contributed by atoms with Crippen molar-refractivity contribution in [1.29, 1.82) is 0 Å². The fraction of sp³-hybridized carbons (Fsp3) is 0.238. The minimum absolute atomic E-state index is 0.0621. The van der Waals surface area contributed by atoms with Crippen LogP contribution in [0.2, 0.25) is 0 Å². The Hall–Kier alpha value is -3.08. The minimum Gasteiger partial charge on any atom is -0.468 e. The van der Waals surface area contributed by atoms with Gasteiger partial charge in [0.25, 0.3) is 5.91 Å². The second kappa shape index (κ2) is 6.67. The second-order valence-electron chi connectivity index (χ2n) is 6.41. The topological polar surface area (TPSA) is 58.6 Å². The Morgan fingerprint density at radius 1 is 1.12 bits per heavy atom. The van der Waals surface area contributed by atoms with Gasteiger partial charge in [0.05, 0.1) is 18.5 Å². The van der Waals surface area contributed by atoms with E-state index in [4.69, 9.17) is 4.74 Å². The molecule has 2 heterocycles. The lowest BCUT2D eigenvalue weighted by atomic mass is 9.84. The van der Waals surface area contributed by atoms with Gasteiger partial charge in [-0.2, -0.15) is 0 Å². The van der Waals surface area contributed by atoms with Crippen LogP contribution in [0.4, 0.5) is 0 Å². The number of carbonyl (C=O) groups excluding carboxylic acids is 2. The zero-order chi connectivity index (χ0) is 18.1. The van der Waals surface area contributed by atoms with Crippen molar-refractivity contribution in [3.8, 4) is 0 Å². The van der Waals surface area contributed by atoms with Crippen molar-refractivity contribution in [2.45, 2.75) is 12.3 Å². The highest BCUT2D eigenvalue weighted by atomic mass is 16.5. The van der Waals surface area contributed by atoms with Crippen LogP contribution in [-0.2, 0) is 9.53 Å². The Morgan fingerprint density at radius 3 is 2.62 bits per heavy atom. The van der Waals surface area contributed by atoms with Crippen molar-refractivity contribution in [2.75, 3.05) is 20.2 Å². The van der Waals surface area contributed by atoms with Gasteiger partial charge in [-0.05, 0) is 23.6 Å².